The Morgan fingerprint density at radius 2 is 2.00 bits per heavy atom. The van der Waals surface area contributed by atoms with Crippen molar-refractivity contribution in [3.63, 3.8) is 0 Å². The molecule has 2 heterocycles. The normalized spacial score (nSPS) is 10.4. The highest BCUT2D eigenvalue weighted by molar-refractivity contribution is 5.09. The van der Waals surface area contributed by atoms with Gasteiger partial charge in [0.25, 0.3) is 0 Å². The van der Waals surface area contributed by atoms with Crippen molar-refractivity contribution in [1.82, 2.24) is 14.5 Å². The Bertz CT molecular complexity index is 392. The van der Waals surface area contributed by atoms with Gasteiger partial charge < -0.3 is 4.57 Å². The summed E-state index contributed by atoms with van der Waals surface area (Å²) in [5.74, 6) is 1.07. The molecular weight excluding hydrogens is 174 g/mol. The first-order valence-electron chi connectivity index (χ1n) is 4.73. The second-order valence-corrected chi connectivity index (χ2v) is 3.27. The van der Waals surface area contributed by atoms with Gasteiger partial charge in [0.15, 0.2) is 0 Å². The van der Waals surface area contributed by atoms with E-state index in [0.29, 0.717) is 0 Å². The van der Waals surface area contributed by atoms with Gasteiger partial charge in [-0.3, -0.25) is 4.98 Å². The molecule has 0 bridgehead atoms. The maximum atomic E-state index is 4.18. The fraction of sp³-hybridized carbons (Fsp3) is 0.273. The molecule has 0 radical (unpaired) electrons. The number of pyridine rings is 1. The minimum atomic E-state index is 0.982. The average Bonchev–Trinajstić information content (AvgIpc) is 2.63. The van der Waals surface area contributed by atoms with E-state index in [1.807, 2.05) is 43.8 Å². The Balaban J connectivity index is 1.99. The fourth-order valence-corrected chi connectivity index (χ4v) is 1.44. The number of aromatic nitrogens is 3. The summed E-state index contributed by atoms with van der Waals surface area (Å²) in [5.41, 5.74) is 1.31. The van der Waals surface area contributed by atoms with Gasteiger partial charge in [-0.25, -0.2) is 4.98 Å². The van der Waals surface area contributed by atoms with E-state index in [1.54, 1.807) is 0 Å². The molecule has 0 spiro atoms. The molecule has 0 fully saturated rings. The maximum Gasteiger partial charge on any atom is 0.105 e. The molecule has 0 N–H and O–H groups in total. The van der Waals surface area contributed by atoms with Crippen molar-refractivity contribution in [2.75, 3.05) is 0 Å². The van der Waals surface area contributed by atoms with Gasteiger partial charge >= 0.3 is 0 Å². The summed E-state index contributed by atoms with van der Waals surface area (Å²) in [6.45, 7) is 3.00. The molecule has 2 rings (SSSR count). The molecule has 0 aliphatic heterocycles. The molecule has 3 nitrogen and oxygen atoms in total. The van der Waals surface area contributed by atoms with Crippen LogP contribution in [-0.4, -0.2) is 14.5 Å². The predicted octanol–water partition coefficient (Wildman–Crippen LogP) is 1.83. The second-order valence-electron chi connectivity index (χ2n) is 3.27. The molecule has 0 saturated carbocycles. The van der Waals surface area contributed by atoms with Gasteiger partial charge in [-0.2, -0.15) is 0 Å². The quantitative estimate of drug-likeness (QED) is 0.734. The zero-order chi connectivity index (χ0) is 9.80. The van der Waals surface area contributed by atoms with Crippen LogP contribution in [0.2, 0.25) is 0 Å². The summed E-state index contributed by atoms with van der Waals surface area (Å²) in [6, 6.07) is 4.10. The van der Waals surface area contributed by atoms with Crippen molar-refractivity contribution in [3.8, 4) is 0 Å². The predicted molar refractivity (Wildman–Crippen MR) is 54.9 cm³/mol. The standard InChI is InChI=1S/C11H13N3/c1-10-13-7-9-14(10)8-4-11-2-5-12-6-3-11/h2-3,5-7,9H,4,8H2,1H3. The number of aryl methyl sites for hydroxylation is 3. The molecule has 0 aliphatic carbocycles. The Kier molecular flexibility index (Phi) is 2.58. The summed E-state index contributed by atoms with van der Waals surface area (Å²) in [5, 5.41) is 0. The zero-order valence-corrected chi connectivity index (χ0v) is 8.22. The van der Waals surface area contributed by atoms with Gasteiger partial charge in [0.1, 0.15) is 5.82 Å². The summed E-state index contributed by atoms with van der Waals surface area (Å²) in [7, 11) is 0. The number of hydrogen-bond donors (Lipinski definition) is 0. The van der Waals surface area contributed by atoms with Crippen LogP contribution in [0.5, 0.6) is 0 Å². The van der Waals surface area contributed by atoms with Crippen LogP contribution in [0.25, 0.3) is 0 Å². The van der Waals surface area contributed by atoms with Crippen LogP contribution in [0.15, 0.2) is 36.9 Å². The van der Waals surface area contributed by atoms with E-state index < -0.39 is 0 Å². The Morgan fingerprint density at radius 3 is 2.64 bits per heavy atom. The third kappa shape index (κ3) is 1.99. The first-order valence-corrected chi connectivity index (χ1v) is 4.73. The highest BCUT2D eigenvalue weighted by atomic mass is 15.0. The number of nitrogens with zero attached hydrogens (tertiary/aromatic N) is 3. The van der Waals surface area contributed by atoms with Crippen LogP contribution in [0.4, 0.5) is 0 Å². The van der Waals surface area contributed by atoms with Crippen LogP contribution >= 0.6 is 0 Å². The van der Waals surface area contributed by atoms with Gasteiger partial charge in [0, 0.05) is 31.3 Å². The van der Waals surface area contributed by atoms with Crippen LogP contribution in [0.1, 0.15) is 11.4 Å². The van der Waals surface area contributed by atoms with Gasteiger partial charge in [-0.15, -0.1) is 0 Å². The second kappa shape index (κ2) is 4.05. The largest absolute Gasteiger partial charge is 0.335 e. The minimum absolute atomic E-state index is 0.982. The molecule has 2 aromatic heterocycles. The van der Waals surface area contributed by atoms with Crippen LogP contribution in [-0.2, 0) is 13.0 Å². The Hall–Kier alpha value is -1.64. The van der Waals surface area contributed by atoms with Crippen LogP contribution in [0.3, 0.4) is 0 Å². The third-order valence-electron chi connectivity index (χ3n) is 2.31. The SMILES string of the molecule is Cc1nccn1CCc1ccncc1. The monoisotopic (exact) mass is 187 g/mol. The first-order chi connectivity index (χ1) is 6.86. The lowest BCUT2D eigenvalue weighted by atomic mass is 10.2. The van der Waals surface area contributed by atoms with E-state index in [1.165, 1.54) is 5.56 Å². The molecule has 14 heavy (non-hydrogen) atoms. The van der Waals surface area contributed by atoms with E-state index in [2.05, 4.69) is 14.5 Å². The molecule has 72 valence electrons. The van der Waals surface area contributed by atoms with Crippen molar-refractivity contribution < 1.29 is 0 Å². The lowest BCUT2D eigenvalue weighted by molar-refractivity contribution is 0.672. The third-order valence-corrected chi connectivity index (χ3v) is 2.31. The van der Waals surface area contributed by atoms with E-state index in [9.17, 15) is 0 Å². The highest BCUT2D eigenvalue weighted by Crippen LogP contribution is 2.02. The van der Waals surface area contributed by atoms with E-state index in [4.69, 9.17) is 0 Å². The molecule has 2 aromatic rings. The van der Waals surface area contributed by atoms with Gasteiger partial charge in [-0.1, -0.05) is 0 Å². The van der Waals surface area contributed by atoms with E-state index in [0.717, 1.165) is 18.8 Å². The lowest BCUT2D eigenvalue weighted by Gasteiger charge is -2.04. The molecule has 0 unspecified atom stereocenters. The highest BCUT2D eigenvalue weighted by Gasteiger charge is 1.96. The Morgan fingerprint density at radius 1 is 1.21 bits per heavy atom. The van der Waals surface area contributed by atoms with Crippen LogP contribution < -0.4 is 0 Å². The fourth-order valence-electron chi connectivity index (χ4n) is 1.44. The van der Waals surface area contributed by atoms with Gasteiger partial charge in [-0.05, 0) is 31.0 Å². The smallest absolute Gasteiger partial charge is 0.105 e. The van der Waals surface area contributed by atoms with E-state index >= 15 is 0 Å². The van der Waals surface area contributed by atoms with Gasteiger partial charge in [0.05, 0.1) is 0 Å². The molecule has 3 heteroatoms. The summed E-state index contributed by atoms with van der Waals surface area (Å²) in [6.07, 6.45) is 8.53. The number of rotatable bonds is 3. The summed E-state index contributed by atoms with van der Waals surface area (Å²) in [4.78, 5) is 8.17. The number of hydrogen-bond acceptors (Lipinski definition) is 2. The van der Waals surface area contributed by atoms with Crippen molar-refractivity contribution >= 4 is 0 Å². The molecule has 0 aromatic carbocycles. The zero-order valence-electron chi connectivity index (χ0n) is 8.22. The molecule has 0 atom stereocenters. The van der Waals surface area contributed by atoms with E-state index in [-0.39, 0.29) is 0 Å². The summed E-state index contributed by atoms with van der Waals surface area (Å²) < 4.78 is 2.15. The van der Waals surface area contributed by atoms with Gasteiger partial charge in [0.2, 0.25) is 0 Å². The van der Waals surface area contributed by atoms with Crippen molar-refractivity contribution in [2.45, 2.75) is 19.9 Å². The minimum Gasteiger partial charge on any atom is -0.335 e. The van der Waals surface area contributed by atoms with Crippen molar-refractivity contribution in [1.29, 1.82) is 0 Å². The molecular formula is C11H13N3. The summed E-state index contributed by atoms with van der Waals surface area (Å²) >= 11 is 0. The van der Waals surface area contributed by atoms with Crippen molar-refractivity contribution in [3.05, 3.63) is 48.3 Å². The van der Waals surface area contributed by atoms with Crippen molar-refractivity contribution in [2.24, 2.45) is 0 Å². The average molecular weight is 187 g/mol. The van der Waals surface area contributed by atoms with Crippen LogP contribution in [0, 0.1) is 6.92 Å². The topological polar surface area (TPSA) is 30.7 Å². The lowest BCUT2D eigenvalue weighted by Crippen LogP contribution is -2.02. The first kappa shape index (κ1) is 8.94. The Labute approximate surface area is 83.4 Å². The molecule has 0 amide bonds. The maximum absolute atomic E-state index is 4.18. The molecule has 0 aliphatic rings. The number of imidazole rings is 1. The molecule has 0 saturated heterocycles.